The van der Waals surface area contributed by atoms with Gasteiger partial charge in [0, 0.05) is 18.4 Å². The molecule has 106 valence electrons. The predicted molar refractivity (Wildman–Crippen MR) is 81.5 cm³/mol. The van der Waals surface area contributed by atoms with Crippen molar-refractivity contribution in [3.05, 3.63) is 46.9 Å². The molecule has 1 heterocycles. The number of hydrogen-bond donors (Lipinski definition) is 1. The second-order valence-corrected chi connectivity index (χ2v) is 4.65. The Balaban J connectivity index is 2.22. The van der Waals surface area contributed by atoms with Gasteiger partial charge in [-0.15, -0.1) is 0 Å². The van der Waals surface area contributed by atoms with Crippen molar-refractivity contribution in [3.8, 4) is 0 Å². The highest BCUT2D eigenvalue weighted by Gasteiger charge is 2.06. The number of nitrogens with zero attached hydrogens (tertiary/aromatic N) is 2. The van der Waals surface area contributed by atoms with Gasteiger partial charge in [0.2, 0.25) is 0 Å². The normalized spacial score (nSPS) is 10.6. The lowest BCUT2D eigenvalue weighted by atomic mass is 10.1. The Morgan fingerprint density at radius 1 is 1.20 bits per heavy atom. The van der Waals surface area contributed by atoms with E-state index in [9.17, 15) is 0 Å². The first-order valence-corrected chi connectivity index (χ1v) is 7.06. The summed E-state index contributed by atoms with van der Waals surface area (Å²) in [5.74, 6) is 1.26. The molecule has 5 heteroatoms. The third-order valence-corrected chi connectivity index (χ3v) is 3.03. The number of hydrogen-bond acceptors (Lipinski definition) is 4. The second kappa shape index (κ2) is 7.22. The minimum Gasteiger partial charge on any atom is -0.374 e. The monoisotopic (exact) mass is 291 g/mol. The van der Waals surface area contributed by atoms with Crippen LogP contribution in [-0.2, 0) is 17.8 Å². The van der Waals surface area contributed by atoms with Crippen molar-refractivity contribution in [1.29, 1.82) is 0 Å². The Morgan fingerprint density at radius 2 is 2.00 bits per heavy atom. The number of rotatable bonds is 6. The molecule has 4 nitrogen and oxygen atoms in total. The summed E-state index contributed by atoms with van der Waals surface area (Å²) in [6.07, 6.45) is 0.952. The maximum atomic E-state index is 6.02. The van der Waals surface area contributed by atoms with Crippen LogP contribution < -0.4 is 5.32 Å². The zero-order chi connectivity index (χ0) is 14.4. The van der Waals surface area contributed by atoms with Crippen LogP contribution in [0.25, 0.3) is 0 Å². The molecule has 0 bridgehead atoms. The quantitative estimate of drug-likeness (QED) is 0.818. The summed E-state index contributed by atoms with van der Waals surface area (Å²) in [7, 11) is 0. The van der Waals surface area contributed by atoms with Crippen LogP contribution in [0.3, 0.4) is 0 Å². The molecular weight excluding hydrogens is 274 g/mol. The standard InChI is InChI=1S/C15H18ClN3O/c1-3-11-7-5-6-8-12(11)17-14-9-13(16)18-15(19-14)10-20-4-2/h5-9H,3-4,10H2,1-2H3,(H,17,18,19). The van der Waals surface area contributed by atoms with Crippen LogP contribution in [0.4, 0.5) is 11.5 Å². The zero-order valence-electron chi connectivity index (χ0n) is 11.7. The summed E-state index contributed by atoms with van der Waals surface area (Å²) in [5, 5.41) is 3.70. The molecule has 0 atom stereocenters. The summed E-state index contributed by atoms with van der Waals surface area (Å²) in [6, 6.07) is 9.84. The molecule has 0 fully saturated rings. The number of aryl methyl sites for hydroxylation is 1. The Labute approximate surface area is 124 Å². The van der Waals surface area contributed by atoms with E-state index in [1.54, 1.807) is 6.07 Å². The van der Waals surface area contributed by atoms with Crippen molar-refractivity contribution in [3.63, 3.8) is 0 Å². The highest BCUT2D eigenvalue weighted by Crippen LogP contribution is 2.21. The molecule has 1 aromatic heterocycles. The van der Waals surface area contributed by atoms with E-state index in [1.807, 2.05) is 25.1 Å². The van der Waals surface area contributed by atoms with Gasteiger partial charge >= 0.3 is 0 Å². The molecule has 0 saturated heterocycles. The molecule has 0 aliphatic carbocycles. The molecule has 0 saturated carbocycles. The molecule has 0 unspecified atom stereocenters. The summed E-state index contributed by atoms with van der Waals surface area (Å²) >= 11 is 6.02. The fraction of sp³-hybridized carbons (Fsp3) is 0.333. The molecule has 0 aliphatic rings. The van der Waals surface area contributed by atoms with E-state index >= 15 is 0 Å². The van der Waals surface area contributed by atoms with Gasteiger partial charge in [-0.1, -0.05) is 36.7 Å². The highest BCUT2D eigenvalue weighted by atomic mass is 35.5. The van der Waals surface area contributed by atoms with Crippen molar-refractivity contribution >= 4 is 23.1 Å². The van der Waals surface area contributed by atoms with E-state index in [-0.39, 0.29) is 0 Å². The molecule has 20 heavy (non-hydrogen) atoms. The number of aromatic nitrogens is 2. The maximum absolute atomic E-state index is 6.02. The van der Waals surface area contributed by atoms with E-state index in [2.05, 4.69) is 28.3 Å². The van der Waals surface area contributed by atoms with Gasteiger partial charge < -0.3 is 10.1 Å². The van der Waals surface area contributed by atoms with Gasteiger partial charge in [-0.3, -0.25) is 0 Å². The van der Waals surface area contributed by atoms with Crippen LogP contribution in [0.1, 0.15) is 25.2 Å². The van der Waals surface area contributed by atoms with Crippen LogP contribution >= 0.6 is 11.6 Å². The number of nitrogens with one attached hydrogen (secondary N) is 1. The molecular formula is C15H18ClN3O. The number of anilines is 2. The molecule has 0 spiro atoms. The third kappa shape index (κ3) is 3.92. The average molecular weight is 292 g/mol. The van der Waals surface area contributed by atoms with Crippen LogP contribution in [-0.4, -0.2) is 16.6 Å². The minimum atomic E-state index is 0.362. The van der Waals surface area contributed by atoms with E-state index in [0.717, 1.165) is 12.1 Å². The Kier molecular flexibility index (Phi) is 5.32. The number of benzene rings is 1. The van der Waals surface area contributed by atoms with Crippen molar-refractivity contribution < 1.29 is 4.74 Å². The van der Waals surface area contributed by atoms with E-state index in [0.29, 0.717) is 30.0 Å². The van der Waals surface area contributed by atoms with Crippen molar-refractivity contribution in [2.24, 2.45) is 0 Å². The molecule has 2 rings (SSSR count). The summed E-state index contributed by atoms with van der Waals surface area (Å²) in [4.78, 5) is 8.56. The van der Waals surface area contributed by atoms with Gasteiger partial charge in [0.1, 0.15) is 17.6 Å². The fourth-order valence-electron chi connectivity index (χ4n) is 1.88. The second-order valence-electron chi connectivity index (χ2n) is 4.26. The van der Waals surface area contributed by atoms with Crippen LogP contribution in [0, 0.1) is 0 Å². The van der Waals surface area contributed by atoms with Gasteiger partial charge in [-0.25, -0.2) is 9.97 Å². The molecule has 0 radical (unpaired) electrons. The Morgan fingerprint density at radius 3 is 2.75 bits per heavy atom. The number of para-hydroxylation sites is 1. The van der Waals surface area contributed by atoms with Gasteiger partial charge in [0.25, 0.3) is 0 Å². The minimum absolute atomic E-state index is 0.362. The van der Waals surface area contributed by atoms with Gasteiger partial charge in [-0.2, -0.15) is 0 Å². The highest BCUT2D eigenvalue weighted by molar-refractivity contribution is 6.29. The number of ether oxygens (including phenoxy) is 1. The van der Waals surface area contributed by atoms with E-state index in [1.165, 1.54) is 5.56 Å². The van der Waals surface area contributed by atoms with Crippen molar-refractivity contribution in [1.82, 2.24) is 9.97 Å². The fourth-order valence-corrected chi connectivity index (χ4v) is 2.08. The Hall–Kier alpha value is -1.65. The number of halogens is 1. The lowest BCUT2D eigenvalue weighted by molar-refractivity contribution is 0.128. The largest absolute Gasteiger partial charge is 0.374 e. The summed E-state index contributed by atoms with van der Waals surface area (Å²) < 4.78 is 5.31. The van der Waals surface area contributed by atoms with Crippen LogP contribution in [0.15, 0.2) is 30.3 Å². The van der Waals surface area contributed by atoms with E-state index in [4.69, 9.17) is 16.3 Å². The molecule has 1 N–H and O–H groups in total. The first kappa shape index (κ1) is 14.8. The van der Waals surface area contributed by atoms with Crippen molar-refractivity contribution in [2.75, 3.05) is 11.9 Å². The maximum Gasteiger partial charge on any atom is 0.158 e. The van der Waals surface area contributed by atoms with Gasteiger partial charge in [0.05, 0.1) is 0 Å². The smallest absolute Gasteiger partial charge is 0.158 e. The summed E-state index contributed by atoms with van der Waals surface area (Å²) in [5.41, 5.74) is 2.26. The lowest BCUT2D eigenvalue weighted by Crippen LogP contribution is -2.03. The van der Waals surface area contributed by atoms with E-state index < -0.39 is 0 Å². The van der Waals surface area contributed by atoms with Crippen LogP contribution in [0.5, 0.6) is 0 Å². The molecule has 1 aromatic carbocycles. The third-order valence-electron chi connectivity index (χ3n) is 2.84. The molecule has 0 aliphatic heterocycles. The summed E-state index contributed by atoms with van der Waals surface area (Å²) in [6.45, 7) is 5.04. The first-order valence-electron chi connectivity index (χ1n) is 6.69. The van der Waals surface area contributed by atoms with Crippen molar-refractivity contribution in [2.45, 2.75) is 26.9 Å². The molecule has 2 aromatic rings. The van der Waals surface area contributed by atoms with Gasteiger partial charge in [-0.05, 0) is 25.0 Å². The average Bonchev–Trinajstić information content (AvgIpc) is 2.45. The molecule has 0 amide bonds. The topological polar surface area (TPSA) is 47.0 Å². The van der Waals surface area contributed by atoms with Crippen LogP contribution in [0.2, 0.25) is 5.15 Å². The first-order chi connectivity index (χ1) is 9.72. The lowest BCUT2D eigenvalue weighted by Gasteiger charge is -2.11. The van der Waals surface area contributed by atoms with Gasteiger partial charge in [0.15, 0.2) is 5.82 Å². The predicted octanol–water partition coefficient (Wildman–Crippen LogP) is 3.97. The Bertz CT molecular complexity index is 575. The SMILES string of the molecule is CCOCc1nc(Cl)cc(Nc2ccccc2CC)n1. The zero-order valence-corrected chi connectivity index (χ0v) is 12.4.